The molecule has 0 bridgehead atoms. The minimum atomic E-state index is -0.659. The fraction of sp³-hybridized carbons (Fsp3) is 0.435. The van der Waals surface area contributed by atoms with Gasteiger partial charge in [-0.05, 0) is 40.6 Å². The summed E-state index contributed by atoms with van der Waals surface area (Å²) in [7, 11) is 0. The lowest BCUT2D eigenvalue weighted by atomic mass is 9.98. The number of pyridine rings is 1. The molecule has 2 aliphatic rings. The van der Waals surface area contributed by atoms with E-state index in [4.69, 9.17) is 11.3 Å². The summed E-state index contributed by atoms with van der Waals surface area (Å²) in [6, 6.07) is 6.92. The van der Waals surface area contributed by atoms with Gasteiger partial charge >= 0.3 is 0 Å². The van der Waals surface area contributed by atoms with Crippen molar-refractivity contribution in [3.63, 3.8) is 0 Å². The molecule has 1 unspecified atom stereocenters. The number of ether oxygens (including phenoxy) is 1. The summed E-state index contributed by atoms with van der Waals surface area (Å²) in [5, 5.41) is 21.8. The van der Waals surface area contributed by atoms with E-state index in [-0.39, 0.29) is 30.2 Å². The number of rotatable bonds is 5. The molecule has 1 N–H and O–H groups in total. The number of β-amino-alcohol motifs (C(OH)–C–C–N with tert-alkyl or cyclic N) is 1. The lowest BCUT2D eigenvalue weighted by Crippen LogP contribution is -2.58. The highest BCUT2D eigenvalue weighted by Crippen LogP contribution is 2.34. The predicted octanol–water partition coefficient (Wildman–Crippen LogP) is 2.27. The molecule has 2 saturated heterocycles. The van der Waals surface area contributed by atoms with Crippen LogP contribution in [-0.2, 0) is 4.74 Å². The zero-order valence-electron chi connectivity index (χ0n) is 19.2. The summed E-state index contributed by atoms with van der Waals surface area (Å²) >= 11 is 0. The number of hydrogen-bond donors (Lipinski definition) is 1. The number of halogens is 2. The van der Waals surface area contributed by atoms with Crippen LogP contribution in [0.2, 0.25) is 0 Å². The molecule has 2 aromatic heterocycles. The zero-order valence-corrected chi connectivity index (χ0v) is 20.0. The van der Waals surface area contributed by atoms with Crippen molar-refractivity contribution in [1.82, 2.24) is 35.0 Å². The number of piperazine rings is 1. The molecular weight excluding hydrogens is 475 g/mol. The number of aliphatic hydroxyl groups is 1. The lowest BCUT2D eigenvalue weighted by molar-refractivity contribution is -0.0939. The molecule has 3 aromatic rings. The van der Waals surface area contributed by atoms with Crippen LogP contribution in [0.5, 0.6) is 0 Å². The summed E-state index contributed by atoms with van der Waals surface area (Å²) in [4.78, 5) is 12.3. The Labute approximate surface area is 208 Å². The number of benzene rings is 1. The second-order valence-corrected chi connectivity index (χ2v) is 8.67. The van der Waals surface area contributed by atoms with Crippen LogP contribution in [0, 0.1) is 19.3 Å². The Morgan fingerprint density at radius 3 is 2.83 bits per heavy atom. The molecule has 184 valence electrons. The van der Waals surface area contributed by atoms with Crippen molar-refractivity contribution >= 4 is 18.1 Å². The van der Waals surface area contributed by atoms with E-state index in [9.17, 15) is 9.50 Å². The Hall–Kier alpha value is -3.01. The summed E-state index contributed by atoms with van der Waals surface area (Å²) in [6.45, 7) is 13.3. The molecule has 12 heteroatoms. The maximum atomic E-state index is 13.9. The van der Waals surface area contributed by atoms with Gasteiger partial charge in [0.1, 0.15) is 12.1 Å². The van der Waals surface area contributed by atoms with E-state index in [1.807, 2.05) is 6.07 Å². The van der Waals surface area contributed by atoms with Gasteiger partial charge in [-0.15, -0.1) is 17.5 Å². The average molecular weight is 501 g/mol. The van der Waals surface area contributed by atoms with Gasteiger partial charge in [0.05, 0.1) is 25.4 Å². The maximum absolute atomic E-state index is 13.9. The first-order valence-corrected chi connectivity index (χ1v) is 11.2. The average Bonchev–Trinajstić information content (AvgIpc) is 3.39. The van der Waals surface area contributed by atoms with Gasteiger partial charge in [0.2, 0.25) is 5.69 Å². The SMILES string of the molecule is Cl.[C-]#[N+]c1c(F)ccc([C@@H]2CN3CCN(CC(O)c4ccc(-n5cnnn5)nc4)C[C@H]3CO2)c1C. The van der Waals surface area contributed by atoms with Crippen molar-refractivity contribution in [3.05, 3.63) is 70.7 Å². The Kier molecular flexibility index (Phi) is 7.69. The molecule has 0 spiro atoms. The third-order valence-corrected chi connectivity index (χ3v) is 6.63. The van der Waals surface area contributed by atoms with Crippen LogP contribution in [0.3, 0.4) is 0 Å². The number of aromatic nitrogens is 5. The standard InChI is InChI=1S/C23H25FN8O2.ClH/c1-15-18(4-5-19(24)23(15)25-2)21-12-31-8-7-30(10-17(31)13-34-21)11-20(33)16-3-6-22(26-9-16)32-14-27-28-29-32;/h3-6,9,14,17,20-21,33H,7-8,10-13H2,1H3;1H/t17-,20?,21-;/m0./s1. The zero-order chi connectivity index (χ0) is 23.7. The van der Waals surface area contributed by atoms with E-state index >= 15 is 0 Å². The molecule has 2 fully saturated rings. The summed E-state index contributed by atoms with van der Waals surface area (Å²) < 4.78 is 21.5. The quantitative estimate of drug-likeness (QED) is 0.533. The van der Waals surface area contributed by atoms with Gasteiger partial charge in [0, 0.05) is 50.5 Å². The first-order valence-electron chi connectivity index (χ1n) is 11.2. The topological polar surface area (TPSA) is 96.8 Å². The Morgan fingerprint density at radius 1 is 1.26 bits per heavy atom. The fourth-order valence-corrected chi connectivity index (χ4v) is 4.72. The minimum Gasteiger partial charge on any atom is -0.387 e. The highest BCUT2D eigenvalue weighted by atomic mass is 35.5. The van der Waals surface area contributed by atoms with E-state index in [1.54, 1.807) is 25.3 Å². The molecular formula is C23H26ClFN8O2. The number of morpholine rings is 1. The van der Waals surface area contributed by atoms with E-state index < -0.39 is 11.9 Å². The van der Waals surface area contributed by atoms with Gasteiger partial charge in [-0.2, -0.15) is 4.68 Å². The second kappa shape index (κ2) is 10.7. The predicted molar refractivity (Wildman–Crippen MR) is 127 cm³/mol. The van der Waals surface area contributed by atoms with Crippen LogP contribution < -0.4 is 0 Å². The molecule has 0 radical (unpaired) electrons. The Balaban J connectivity index is 0.00000289. The first-order chi connectivity index (χ1) is 16.5. The molecule has 10 nitrogen and oxygen atoms in total. The van der Waals surface area contributed by atoms with Crippen LogP contribution in [0.1, 0.15) is 28.9 Å². The molecule has 4 heterocycles. The third kappa shape index (κ3) is 5.17. The maximum Gasteiger partial charge on any atom is 0.225 e. The normalized spacial score (nSPS) is 21.5. The number of tetrazole rings is 1. The van der Waals surface area contributed by atoms with Crippen molar-refractivity contribution in [3.8, 4) is 5.82 Å². The van der Waals surface area contributed by atoms with E-state index in [1.165, 1.54) is 17.1 Å². The lowest BCUT2D eigenvalue weighted by Gasteiger charge is -2.46. The van der Waals surface area contributed by atoms with Crippen molar-refractivity contribution < 1.29 is 14.2 Å². The van der Waals surface area contributed by atoms with Crippen molar-refractivity contribution in [2.24, 2.45) is 0 Å². The van der Waals surface area contributed by atoms with E-state index in [2.05, 4.69) is 35.2 Å². The number of nitrogens with zero attached hydrogens (tertiary/aromatic N) is 8. The molecule has 2 aliphatic heterocycles. The molecule has 35 heavy (non-hydrogen) atoms. The minimum absolute atomic E-state index is 0. The summed E-state index contributed by atoms with van der Waals surface area (Å²) in [5.41, 5.74) is 2.34. The largest absolute Gasteiger partial charge is 0.387 e. The highest BCUT2D eigenvalue weighted by molar-refractivity contribution is 5.85. The van der Waals surface area contributed by atoms with E-state index in [0.717, 1.165) is 30.8 Å². The van der Waals surface area contributed by atoms with Crippen LogP contribution in [0.4, 0.5) is 10.1 Å². The van der Waals surface area contributed by atoms with Crippen molar-refractivity contribution in [2.45, 2.75) is 25.2 Å². The monoisotopic (exact) mass is 500 g/mol. The summed E-state index contributed by atoms with van der Waals surface area (Å²) in [6.07, 6.45) is 2.28. The van der Waals surface area contributed by atoms with Crippen LogP contribution in [0.25, 0.3) is 10.7 Å². The molecule has 0 aliphatic carbocycles. The van der Waals surface area contributed by atoms with Crippen LogP contribution in [-0.4, -0.2) is 85.5 Å². The number of aliphatic hydroxyl groups excluding tert-OH is 1. The summed E-state index contributed by atoms with van der Waals surface area (Å²) in [5.74, 6) is 0.0979. The third-order valence-electron chi connectivity index (χ3n) is 6.63. The molecule has 1 aromatic carbocycles. The molecule has 0 saturated carbocycles. The Morgan fingerprint density at radius 2 is 2.11 bits per heavy atom. The first kappa shape index (κ1) is 25.1. The fourth-order valence-electron chi connectivity index (χ4n) is 4.72. The van der Waals surface area contributed by atoms with Gasteiger partial charge in [0.15, 0.2) is 5.82 Å². The van der Waals surface area contributed by atoms with Crippen molar-refractivity contribution in [1.29, 1.82) is 0 Å². The van der Waals surface area contributed by atoms with Gasteiger partial charge in [-0.1, -0.05) is 12.1 Å². The highest BCUT2D eigenvalue weighted by Gasteiger charge is 2.35. The smallest absolute Gasteiger partial charge is 0.225 e. The van der Waals surface area contributed by atoms with Gasteiger partial charge < -0.3 is 9.84 Å². The van der Waals surface area contributed by atoms with Crippen molar-refractivity contribution in [2.75, 3.05) is 39.3 Å². The molecule has 5 rings (SSSR count). The van der Waals surface area contributed by atoms with E-state index in [0.29, 0.717) is 31.1 Å². The Bertz CT molecular complexity index is 1190. The number of hydrogen-bond acceptors (Lipinski definition) is 8. The second-order valence-electron chi connectivity index (χ2n) is 8.67. The molecule has 3 atom stereocenters. The van der Waals surface area contributed by atoms with Crippen LogP contribution in [0.15, 0.2) is 36.8 Å². The van der Waals surface area contributed by atoms with Gasteiger partial charge in [-0.25, -0.2) is 14.2 Å². The molecule has 0 amide bonds. The van der Waals surface area contributed by atoms with Gasteiger partial charge in [-0.3, -0.25) is 9.80 Å². The van der Waals surface area contributed by atoms with Gasteiger partial charge in [0.25, 0.3) is 0 Å². The number of fused-ring (bicyclic) bond motifs is 1. The van der Waals surface area contributed by atoms with Crippen LogP contribution >= 0.6 is 12.4 Å².